The Hall–Kier alpha value is -2.40. The number of benzene rings is 1. The summed E-state index contributed by atoms with van der Waals surface area (Å²) in [7, 11) is 0. The Bertz CT molecular complexity index is 791. The molecular weight excluding hydrogens is 358 g/mol. The zero-order valence-corrected chi connectivity index (χ0v) is 16.5. The molecular formula is C22H25NO3S. The van der Waals surface area contributed by atoms with Crippen LogP contribution < -0.4 is 4.74 Å². The molecule has 0 atom stereocenters. The first-order chi connectivity index (χ1) is 13.3. The van der Waals surface area contributed by atoms with Crippen molar-refractivity contribution in [1.82, 2.24) is 0 Å². The molecule has 0 spiro atoms. The number of rotatable bonds is 10. The number of hydrogen-bond acceptors (Lipinski definition) is 5. The Labute approximate surface area is 164 Å². The van der Waals surface area contributed by atoms with Gasteiger partial charge in [0.1, 0.15) is 5.75 Å². The van der Waals surface area contributed by atoms with Crippen molar-refractivity contribution in [3.8, 4) is 5.75 Å². The van der Waals surface area contributed by atoms with Crippen molar-refractivity contribution in [1.29, 1.82) is 0 Å². The van der Waals surface area contributed by atoms with Crippen LogP contribution in [-0.4, -0.2) is 18.5 Å². The number of nitrogens with zero attached hydrogens (tertiary/aromatic N) is 1. The monoisotopic (exact) mass is 383 g/mol. The smallest absolute Gasteiger partial charge is 0.363 e. The second-order valence-corrected chi connectivity index (χ2v) is 7.45. The highest BCUT2D eigenvalue weighted by atomic mass is 32.1. The van der Waals surface area contributed by atoms with Crippen molar-refractivity contribution in [2.24, 2.45) is 4.99 Å². The van der Waals surface area contributed by atoms with Crippen molar-refractivity contribution in [3.63, 3.8) is 0 Å². The average molecular weight is 384 g/mol. The van der Waals surface area contributed by atoms with Crippen molar-refractivity contribution < 1.29 is 14.3 Å². The molecule has 5 heteroatoms. The van der Waals surface area contributed by atoms with Crippen LogP contribution in [0.2, 0.25) is 0 Å². The van der Waals surface area contributed by atoms with Gasteiger partial charge in [0.05, 0.1) is 11.5 Å². The Morgan fingerprint density at radius 3 is 2.59 bits per heavy atom. The van der Waals surface area contributed by atoms with Gasteiger partial charge in [-0.1, -0.05) is 57.2 Å². The van der Waals surface area contributed by atoms with E-state index in [1.165, 1.54) is 43.4 Å². The maximum atomic E-state index is 12.0. The number of carbonyl (C=O) groups excluding carboxylic acids is 1. The minimum atomic E-state index is -0.415. The summed E-state index contributed by atoms with van der Waals surface area (Å²) in [6.07, 6.45) is 9.24. The third kappa shape index (κ3) is 5.79. The van der Waals surface area contributed by atoms with Gasteiger partial charge in [0.15, 0.2) is 5.70 Å². The van der Waals surface area contributed by atoms with E-state index in [0.29, 0.717) is 11.6 Å². The van der Waals surface area contributed by atoms with E-state index < -0.39 is 5.97 Å². The van der Waals surface area contributed by atoms with E-state index in [9.17, 15) is 4.79 Å². The highest BCUT2D eigenvalue weighted by Gasteiger charge is 2.24. The van der Waals surface area contributed by atoms with Gasteiger partial charge in [-0.2, -0.15) is 0 Å². The Morgan fingerprint density at radius 2 is 1.85 bits per heavy atom. The van der Waals surface area contributed by atoms with Crippen molar-refractivity contribution in [2.75, 3.05) is 6.61 Å². The first kappa shape index (κ1) is 19.4. The van der Waals surface area contributed by atoms with Crippen LogP contribution >= 0.6 is 11.3 Å². The normalized spacial score (nSPS) is 15.1. The summed E-state index contributed by atoms with van der Waals surface area (Å²) in [5.74, 6) is 0.810. The van der Waals surface area contributed by atoms with Crippen LogP contribution in [0.5, 0.6) is 5.75 Å². The van der Waals surface area contributed by atoms with Crippen LogP contribution in [0.4, 0.5) is 0 Å². The maximum Gasteiger partial charge on any atom is 0.363 e. The number of hydrogen-bond donors (Lipinski definition) is 0. The molecule has 4 nitrogen and oxygen atoms in total. The zero-order chi connectivity index (χ0) is 18.9. The molecule has 0 aliphatic carbocycles. The predicted molar refractivity (Wildman–Crippen MR) is 110 cm³/mol. The minimum absolute atomic E-state index is 0.319. The Morgan fingerprint density at radius 1 is 1.07 bits per heavy atom. The third-order valence-corrected chi connectivity index (χ3v) is 5.16. The molecule has 1 aliphatic rings. The number of thiophene rings is 1. The minimum Gasteiger partial charge on any atom is -0.494 e. The predicted octanol–water partition coefficient (Wildman–Crippen LogP) is 5.83. The van der Waals surface area contributed by atoms with Gasteiger partial charge in [-0.3, -0.25) is 0 Å². The second kappa shape index (κ2) is 10.1. The van der Waals surface area contributed by atoms with Gasteiger partial charge in [-0.25, -0.2) is 9.79 Å². The molecule has 0 unspecified atom stereocenters. The molecule has 1 aromatic carbocycles. The lowest BCUT2D eigenvalue weighted by Crippen LogP contribution is -2.03. The molecule has 0 bridgehead atoms. The van der Waals surface area contributed by atoms with E-state index in [4.69, 9.17) is 9.47 Å². The number of cyclic esters (lactones) is 1. The quantitative estimate of drug-likeness (QED) is 0.294. The summed E-state index contributed by atoms with van der Waals surface area (Å²) >= 11 is 1.50. The molecule has 3 rings (SSSR count). The van der Waals surface area contributed by atoms with Gasteiger partial charge in [-0.15, -0.1) is 11.3 Å². The van der Waals surface area contributed by atoms with Gasteiger partial charge in [0.25, 0.3) is 0 Å². The van der Waals surface area contributed by atoms with E-state index in [1.807, 2.05) is 41.8 Å². The van der Waals surface area contributed by atoms with Crippen LogP contribution in [0.3, 0.4) is 0 Å². The molecule has 27 heavy (non-hydrogen) atoms. The lowest BCUT2D eigenvalue weighted by atomic mass is 10.1. The average Bonchev–Trinajstić information content (AvgIpc) is 3.33. The molecule has 0 saturated carbocycles. The topological polar surface area (TPSA) is 47.9 Å². The molecule has 1 aliphatic heterocycles. The summed E-state index contributed by atoms with van der Waals surface area (Å²) in [6.45, 7) is 2.97. The fourth-order valence-electron chi connectivity index (χ4n) is 2.81. The lowest BCUT2D eigenvalue weighted by Gasteiger charge is -2.06. The van der Waals surface area contributed by atoms with Crippen molar-refractivity contribution >= 4 is 29.3 Å². The van der Waals surface area contributed by atoms with Gasteiger partial charge < -0.3 is 9.47 Å². The SMILES string of the molecule is CCCCCCCCOc1ccc(C=C2N=C(c3cccs3)OC2=O)cc1. The molecule has 0 fully saturated rings. The summed E-state index contributed by atoms with van der Waals surface area (Å²) in [4.78, 5) is 17.2. The molecule has 2 heterocycles. The number of aliphatic imine (C=N–C) groups is 1. The third-order valence-electron chi connectivity index (χ3n) is 4.30. The van der Waals surface area contributed by atoms with Gasteiger partial charge in [-0.05, 0) is 41.6 Å². The molecule has 142 valence electrons. The largest absolute Gasteiger partial charge is 0.494 e. The van der Waals surface area contributed by atoms with Crippen molar-refractivity contribution in [2.45, 2.75) is 45.4 Å². The Kier molecular flexibility index (Phi) is 7.22. The lowest BCUT2D eigenvalue weighted by molar-refractivity contribution is -0.129. The number of unbranched alkanes of at least 4 members (excludes halogenated alkanes) is 5. The Balaban J connectivity index is 1.50. The fraction of sp³-hybridized carbons (Fsp3) is 0.364. The van der Waals surface area contributed by atoms with Gasteiger partial charge >= 0.3 is 5.97 Å². The zero-order valence-electron chi connectivity index (χ0n) is 15.6. The molecule has 0 radical (unpaired) electrons. The van der Waals surface area contributed by atoms with E-state index in [1.54, 1.807) is 6.08 Å². The number of ether oxygens (including phenoxy) is 2. The summed E-state index contributed by atoms with van der Waals surface area (Å²) < 4.78 is 11.0. The molecule has 0 saturated heterocycles. The van der Waals surface area contributed by atoms with Gasteiger partial charge in [0, 0.05) is 0 Å². The standard InChI is InChI=1S/C22H25NO3S/c1-2-3-4-5-6-7-14-25-18-12-10-17(11-13-18)16-19-22(24)26-21(23-19)20-9-8-15-27-20/h8-13,15-16H,2-7,14H2,1H3. The number of esters is 1. The summed E-state index contributed by atoms with van der Waals surface area (Å²) in [5.41, 5.74) is 1.21. The van der Waals surface area contributed by atoms with Crippen LogP contribution in [0.15, 0.2) is 52.5 Å². The molecule has 2 aromatic rings. The molecule has 0 amide bonds. The highest BCUT2D eigenvalue weighted by molar-refractivity contribution is 7.12. The highest BCUT2D eigenvalue weighted by Crippen LogP contribution is 2.22. The van der Waals surface area contributed by atoms with E-state index in [2.05, 4.69) is 11.9 Å². The van der Waals surface area contributed by atoms with E-state index >= 15 is 0 Å². The van der Waals surface area contributed by atoms with Crippen LogP contribution in [-0.2, 0) is 9.53 Å². The van der Waals surface area contributed by atoms with Crippen LogP contribution in [0.1, 0.15) is 55.9 Å². The first-order valence-electron chi connectivity index (χ1n) is 9.55. The fourth-order valence-corrected chi connectivity index (χ4v) is 3.45. The van der Waals surface area contributed by atoms with Crippen molar-refractivity contribution in [3.05, 3.63) is 57.9 Å². The van der Waals surface area contributed by atoms with E-state index in [0.717, 1.165) is 29.2 Å². The molecule has 0 N–H and O–H groups in total. The van der Waals surface area contributed by atoms with Crippen LogP contribution in [0.25, 0.3) is 6.08 Å². The van der Waals surface area contributed by atoms with Crippen LogP contribution in [0, 0.1) is 0 Å². The second-order valence-electron chi connectivity index (χ2n) is 6.50. The summed E-state index contributed by atoms with van der Waals surface area (Å²) in [5, 5.41) is 1.93. The maximum absolute atomic E-state index is 12.0. The van der Waals surface area contributed by atoms with E-state index in [-0.39, 0.29) is 0 Å². The molecule has 1 aromatic heterocycles. The van der Waals surface area contributed by atoms with Gasteiger partial charge in [0.2, 0.25) is 5.90 Å². The summed E-state index contributed by atoms with van der Waals surface area (Å²) in [6, 6.07) is 11.5. The number of carbonyl (C=O) groups is 1. The first-order valence-corrected chi connectivity index (χ1v) is 10.4.